The van der Waals surface area contributed by atoms with Crippen LogP contribution in [-0.2, 0) is 14.3 Å². The van der Waals surface area contributed by atoms with Gasteiger partial charge in [0.15, 0.2) is 16.7 Å². The number of hydrogen-bond acceptors (Lipinski definition) is 8. The molecule has 1 unspecified atom stereocenters. The Labute approximate surface area is 143 Å². The SMILES string of the molecule is COC(=O)CC1S/C(=N/N=C/c2ccc(OC)c(OC)c2)NC1=O. The van der Waals surface area contributed by atoms with Crippen LogP contribution in [0.2, 0.25) is 0 Å². The van der Waals surface area contributed by atoms with Crippen molar-refractivity contribution in [2.24, 2.45) is 10.2 Å². The fraction of sp³-hybridized carbons (Fsp3) is 0.333. The summed E-state index contributed by atoms with van der Waals surface area (Å²) in [4.78, 5) is 22.9. The fourth-order valence-electron chi connectivity index (χ4n) is 1.90. The molecule has 9 heteroatoms. The standard InChI is InChI=1S/C15H17N3O5S/c1-21-10-5-4-9(6-11(10)22-2)8-16-18-15-17-14(20)12(24-15)7-13(19)23-3/h4-6,8,12H,7H2,1-3H3,(H,17,18,20)/b16-8+. The van der Waals surface area contributed by atoms with Crippen LogP contribution in [0.15, 0.2) is 28.4 Å². The van der Waals surface area contributed by atoms with Gasteiger partial charge >= 0.3 is 5.97 Å². The van der Waals surface area contributed by atoms with Crippen LogP contribution in [0.5, 0.6) is 11.5 Å². The highest BCUT2D eigenvalue weighted by Crippen LogP contribution is 2.27. The Hall–Kier alpha value is -2.55. The summed E-state index contributed by atoms with van der Waals surface area (Å²) in [5, 5.41) is 10.2. The van der Waals surface area contributed by atoms with Gasteiger partial charge in [-0.15, -0.1) is 5.10 Å². The Morgan fingerprint density at radius 3 is 2.71 bits per heavy atom. The summed E-state index contributed by atoms with van der Waals surface area (Å²) in [6.07, 6.45) is 1.51. The molecule has 1 saturated heterocycles. The largest absolute Gasteiger partial charge is 0.493 e. The molecular formula is C15H17N3O5S. The second-order valence-electron chi connectivity index (χ2n) is 4.64. The average Bonchev–Trinajstić information content (AvgIpc) is 2.94. The van der Waals surface area contributed by atoms with Gasteiger partial charge in [-0.25, -0.2) is 0 Å². The van der Waals surface area contributed by atoms with Gasteiger partial charge in [-0.05, 0) is 23.8 Å². The second kappa shape index (κ2) is 8.34. The van der Waals surface area contributed by atoms with E-state index >= 15 is 0 Å². The van der Waals surface area contributed by atoms with Crippen molar-refractivity contribution in [3.05, 3.63) is 23.8 Å². The first-order chi connectivity index (χ1) is 11.6. The van der Waals surface area contributed by atoms with E-state index < -0.39 is 11.2 Å². The van der Waals surface area contributed by atoms with Crippen LogP contribution in [0, 0.1) is 0 Å². The van der Waals surface area contributed by atoms with Crippen molar-refractivity contribution in [3.8, 4) is 11.5 Å². The first-order valence-corrected chi connectivity index (χ1v) is 7.82. The molecule has 1 aliphatic heterocycles. The third-order valence-electron chi connectivity index (χ3n) is 3.12. The number of hydrogen-bond donors (Lipinski definition) is 1. The number of methoxy groups -OCH3 is 3. The third-order valence-corrected chi connectivity index (χ3v) is 4.19. The third kappa shape index (κ3) is 4.48. The molecular weight excluding hydrogens is 334 g/mol. The van der Waals surface area contributed by atoms with Crippen molar-refractivity contribution in [2.45, 2.75) is 11.7 Å². The molecule has 128 valence electrons. The zero-order valence-corrected chi connectivity index (χ0v) is 14.3. The van der Waals surface area contributed by atoms with Crippen LogP contribution in [0.25, 0.3) is 0 Å². The number of carbonyl (C=O) groups excluding carboxylic acids is 2. The molecule has 1 fully saturated rings. The lowest BCUT2D eigenvalue weighted by Gasteiger charge is -2.07. The van der Waals surface area contributed by atoms with E-state index in [0.717, 1.165) is 17.3 Å². The van der Waals surface area contributed by atoms with E-state index in [1.54, 1.807) is 32.4 Å². The Morgan fingerprint density at radius 1 is 1.29 bits per heavy atom. The van der Waals surface area contributed by atoms with E-state index in [-0.39, 0.29) is 12.3 Å². The number of nitrogens with one attached hydrogen (secondary N) is 1. The predicted molar refractivity (Wildman–Crippen MR) is 90.7 cm³/mol. The Bertz CT molecular complexity index is 690. The fourth-order valence-corrected chi connectivity index (χ4v) is 2.81. The van der Waals surface area contributed by atoms with Crippen LogP contribution >= 0.6 is 11.8 Å². The number of amides is 1. The quantitative estimate of drug-likeness (QED) is 0.470. The van der Waals surface area contributed by atoms with E-state index in [0.29, 0.717) is 16.7 Å². The number of ether oxygens (including phenoxy) is 3. The summed E-state index contributed by atoms with van der Waals surface area (Å²) in [6.45, 7) is 0. The number of amidine groups is 1. The number of esters is 1. The molecule has 0 bridgehead atoms. The molecule has 0 saturated carbocycles. The molecule has 0 aromatic heterocycles. The van der Waals surface area contributed by atoms with Gasteiger partial charge in [0.25, 0.3) is 0 Å². The van der Waals surface area contributed by atoms with Gasteiger partial charge in [0.05, 0.1) is 34.0 Å². The van der Waals surface area contributed by atoms with Crippen molar-refractivity contribution in [3.63, 3.8) is 0 Å². The van der Waals surface area contributed by atoms with E-state index in [1.807, 2.05) is 0 Å². The molecule has 0 radical (unpaired) electrons. The molecule has 1 aromatic carbocycles. The number of thioether (sulfide) groups is 1. The second-order valence-corrected chi connectivity index (χ2v) is 5.83. The van der Waals surface area contributed by atoms with E-state index in [2.05, 4.69) is 20.3 Å². The molecule has 1 heterocycles. The van der Waals surface area contributed by atoms with E-state index in [1.165, 1.54) is 13.3 Å². The van der Waals surface area contributed by atoms with Crippen molar-refractivity contribution in [1.29, 1.82) is 0 Å². The normalized spacial score (nSPS) is 18.7. The first-order valence-electron chi connectivity index (χ1n) is 6.94. The lowest BCUT2D eigenvalue weighted by Crippen LogP contribution is -2.26. The van der Waals surface area contributed by atoms with Crippen molar-refractivity contribution < 1.29 is 23.8 Å². The summed E-state index contributed by atoms with van der Waals surface area (Å²) in [5.41, 5.74) is 0.762. The minimum Gasteiger partial charge on any atom is -0.493 e. The summed E-state index contributed by atoms with van der Waals surface area (Å²) in [5.74, 6) is 0.462. The minimum absolute atomic E-state index is 0.00852. The molecule has 1 N–H and O–H groups in total. The topological polar surface area (TPSA) is 98.6 Å². The number of nitrogens with zero attached hydrogens (tertiary/aromatic N) is 2. The summed E-state index contributed by atoms with van der Waals surface area (Å²) in [7, 11) is 4.38. The van der Waals surface area contributed by atoms with Crippen LogP contribution in [0.1, 0.15) is 12.0 Å². The summed E-state index contributed by atoms with van der Waals surface area (Å²) >= 11 is 1.14. The Morgan fingerprint density at radius 2 is 2.04 bits per heavy atom. The van der Waals surface area contributed by atoms with Crippen molar-refractivity contribution in [1.82, 2.24) is 5.32 Å². The highest BCUT2D eigenvalue weighted by atomic mass is 32.2. The molecule has 24 heavy (non-hydrogen) atoms. The van der Waals surface area contributed by atoms with Gasteiger partial charge in [-0.2, -0.15) is 5.10 Å². The number of carbonyl (C=O) groups is 2. The number of rotatable bonds is 6. The van der Waals surface area contributed by atoms with Gasteiger partial charge in [-0.3, -0.25) is 9.59 Å². The molecule has 8 nitrogen and oxygen atoms in total. The molecule has 1 aromatic rings. The van der Waals surface area contributed by atoms with Crippen LogP contribution < -0.4 is 14.8 Å². The lowest BCUT2D eigenvalue weighted by molar-refractivity contribution is -0.141. The van der Waals surface area contributed by atoms with Gasteiger partial charge in [0.2, 0.25) is 5.91 Å². The zero-order chi connectivity index (χ0) is 17.5. The smallest absolute Gasteiger partial charge is 0.307 e. The molecule has 1 aliphatic rings. The molecule has 2 rings (SSSR count). The maximum Gasteiger partial charge on any atom is 0.307 e. The van der Waals surface area contributed by atoms with Crippen LogP contribution in [-0.4, -0.2) is 49.8 Å². The zero-order valence-electron chi connectivity index (χ0n) is 13.4. The molecule has 1 atom stereocenters. The van der Waals surface area contributed by atoms with Gasteiger partial charge in [0, 0.05) is 0 Å². The molecule has 0 aliphatic carbocycles. The van der Waals surface area contributed by atoms with E-state index in [4.69, 9.17) is 9.47 Å². The molecule has 1 amide bonds. The highest BCUT2D eigenvalue weighted by molar-refractivity contribution is 8.15. The van der Waals surface area contributed by atoms with E-state index in [9.17, 15) is 9.59 Å². The maximum absolute atomic E-state index is 11.7. The summed E-state index contributed by atoms with van der Waals surface area (Å²) in [6, 6.07) is 5.31. The van der Waals surface area contributed by atoms with Crippen LogP contribution in [0.3, 0.4) is 0 Å². The maximum atomic E-state index is 11.7. The van der Waals surface area contributed by atoms with Gasteiger partial charge in [0.1, 0.15) is 5.25 Å². The minimum atomic E-state index is -0.549. The predicted octanol–water partition coefficient (Wildman–Crippen LogP) is 1.19. The Balaban J connectivity index is 2.02. The number of benzene rings is 1. The Kier molecular flexibility index (Phi) is 6.19. The van der Waals surface area contributed by atoms with Gasteiger partial charge in [-0.1, -0.05) is 11.8 Å². The van der Waals surface area contributed by atoms with Gasteiger partial charge < -0.3 is 19.5 Å². The van der Waals surface area contributed by atoms with Crippen molar-refractivity contribution >= 4 is 35.0 Å². The molecule has 0 spiro atoms. The highest BCUT2D eigenvalue weighted by Gasteiger charge is 2.32. The lowest BCUT2D eigenvalue weighted by atomic mass is 10.2. The van der Waals surface area contributed by atoms with Crippen molar-refractivity contribution in [2.75, 3.05) is 21.3 Å². The van der Waals surface area contributed by atoms with Crippen LogP contribution in [0.4, 0.5) is 0 Å². The summed E-state index contributed by atoms with van der Waals surface area (Å²) < 4.78 is 14.9. The monoisotopic (exact) mass is 351 g/mol. The average molecular weight is 351 g/mol. The first kappa shape index (κ1) is 17.8.